The molecule has 0 aliphatic carbocycles. The Kier molecular flexibility index (Phi) is 6.11. The Morgan fingerprint density at radius 2 is 1.62 bits per heavy atom. The Labute approximate surface area is 170 Å². The number of rotatable bonds is 5. The van der Waals surface area contributed by atoms with Crippen molar-refractivity contribution in [1.82, 2.24) is 4.31 Å². The van der Waals surface area contributed by atoms with E-state index in [2.05, 4.69) is 5.32 Å². The maximum Gasteiger partial charge on any atom is 0.243 e. The molecule has 8 heteroatoms. The van der Waals surface area contributed by atoms with Crippen LogP contribution in [0.25, 0.3) is 0 Å². The summed E-state index contributed by atoms with van der Waals surface area (Å²) in [6.07, 6.45) is 0.847. The van der Waals surface area contributed by atoms with Gasteiger partial charge in [-0.25, -0.2) is 8.42 Å². The topological polar surface area (TPSA) is 107 Å². The van der Waals surface area contributed by atoms with Crippen LogP contribution in [0, 0.1) is 17.2 Å². The molecule has 7 nitrogen and oxygen atoms in total. The zero-order chi connectivity index (χ0) is 21.0. The van der Waals surface area contributed by atoms with E-state index in [9.17, 15) is 18.0 Å². The molecule has 1 aliphatic rings. The van der Waals surface area contributed by atoms with Crippen LogP contribution in [0.15, 0.2) is 53.4 Å². The number of carbonyl (C=O) groups is 2. The summed E-state index contributed by atoms with van der Waals surface area (Å²) in [7, 11) is -3.66. The summed E-state index contributed by atoms with van der Waals surface area (Å²) >= 11 is 0. The maximum atomic E-state index is 12.8. The van der Waals surface area contributed by atoms with Gasteiger partial charge < -0.3 is 5.32 Å². The van der Waals surface area contributed by atoms with Crippen molar-refractivity contribution < 1.29 is 18.0 Å². The Balaban J connectivity index is 1.60. The number of nitrogens with zero attached hydrogens (tertiary/aromatic N) is 2. The van der Waals surface area contributed by atoms with Gasteiger partial charge >= 0.3 is 0 Å². The number of hydrogen-bond acceptors (Lipinski definition) is 5. The van der Waals surface area contributed by atoms with E-state index in [1.165, 1.54) is 35.5 Å². The lowest BCUT2D eigenvalue weighted by Crippen LogP contribution is -2.41. The smallest absolute Gasteiger partial charge is 0.243 e. The fraction of sp³-hybridized carbons (Fsp3) is 0.286. The highest BCUT2D eigenvalue weighted by Gasteiger charge is 2.32. The van der Waals surface area contributed by atoms with Crippen molar-refractivity contribution in [3.05, 3.63) is 59.7 Å². The number of benzene rings is 2. The van der Waals surface area contributed by atoms with Gasteiger partial charge in [-0.05, 0) is 56.2 Å². The Bertz CT molecular complexity index is 1050. The lowest BCUT2D eigenvalue weighted by Gasteiger charge is -2.30. The minimum Gasteiger partial charge on any atom is -0.326 e. The molecule has 0 atom stereocenters. The van der Waals surface area contributed by atoms with Crippen LogP contribution in [-0.4, -0.2) is 37.5 Å². The van der Waals surface area contributed by atoms with Crippen molar-refractivity contribution >= 4 is 27.4 Å². The molecule has 1 saturated heterocycles. The molecule has 2 aromatic rings. The van der Waals surface area contributed by atoms with E-state index in [-0.39, 0.29) is 35.6 Å². The number of nitrogens with one attached hydrogen (secondary N) is 1. The predicted molar refractivity (Wildman–Crippen MR) is 108 cm³/mol. The highest BCUT2D eigenvalue weighted by atomic mass is 32.2. The minimum absolute atomic E-state index is 0.122. The molecule has 0 unspecified atom stereocenters. The van der Waals surface area contributed by atoms with Crippen LogP contribution in [0.2, 0.25) is 0 Å². The molecule has 3 rings (SSSR count). The number of nitriles is 1. The highest BCUT2D eigenvalue weighted by molar-refractivity contribution is 7.89. The van der Waals surface area contributed by atoms with Gasteiger partial charge in [-0.15, -0.1) is 0 Å². The second-order valence-electron chi connectivity index (χ2n) is 6.94. The molecular formula is C21H21N3O4S. The Morgan fingerprint density at radius 3 is 2.14 bits per heavy atom. The van der Waals surface area contributed by atoms with Gasteiger partial charge in [-0.3, -0.25) is 9.59 Å². The average Bonchev–Trinajstić information content (AvgIpc) is 2.74. The van der Waals surface area contributed by atoms with Crippen molar-refractivity contribution in [2.75, 3.05) is 18.4 Å². The van der Waals surface area contributed by atoms with Gasteiger partial charge in [-0.1, -0.05) is 12.1 Å². The average molecular weight is 411 g/mol. The summed E-state index contributed by atoms with van der Waals surface area (Å²) in [5, 5.41) is 11.6. The first kappa shape index (κ1) is 20.7. The lowest BCUT2D eigenvalue weighted by atomic mass is 9.97. The molecule has 1 heterocycles. The zero-order valence-corrected chi connectivity index (χ0v) is 16.8. The summed E-state index contributed by atoms with van der Waals surface area (Å²) in [6.45, 7) is 1.93. The first-order valence-electron chi connectivity index (χ1n) is 9.23. The van der Waals surface area contributed by atoms with E-state index in [1.807, 2.05) is 6.07 Å². The largest absolute Gasteiger partial charge is 0.326 e. The van der Waals surface area contributed by atoms with E-state index in [1.54, 1.807) is 24.3 Å². The molecule has 150 valence electrons. The number of ketones is 1. The fourth-order valence-electron chi connectivity index (χ4n) is 3.24. The Hall–Kier alpha value is -3.02. The zero-order valence-electron chi connectivity index (χ0n) is 16.0. The summed E-state index contributed by atoms with van der Waals surface area (Å²) in [6, 6.07) is 14.5. The van der Waals surface area contributed by atoms with Crippen LogP contribution in [0.1, 0.15) is 35.7 Å². The van der Waals surface area contributed by atoms with E-state index < -0.39 is 10.0 Å². The van der Waals surface area contributed by atoms with Gasteiger partial charge in [0.05, 0.1) is 16.5 Å². The second-order valence-corrected chi connectivity index (χ2v) is 8.88. The number of carbonyl (C=O) groups excluding carboxylic acids is 2. The molecule has 1 amide bonds. The van der Waals surface area contributed by atoms with Crippen molar-refractivity contribution in [2.45, 2.75) is 24.7 Å². The SMILES string of the molecule is CC(=O)c1ccc(S(=O)(=O)N2CCC(C(=O)Nc3ccc(C#N)cc3)CC2)cc1. The van der Waals surface area contributed by atoms with E-state index in [0.29, 0.717) is 29.7 Å². The van der Waals surface area contributed by atoms with Crippen molar-refractivity contribution in [3.8, 4) is 6.07 Å². The molecule has 0 spiro atoms. The van der Waals surface area contributed by atoms with Gasteiger partial charge in [0.2, 0.25) is 15.9 Å². The minimum atomic E-state index is -3.66. The van der Waals surface area contributed by atoms with Gasteiger partial charge in [0.15, 0.2) is 5.78 Å². The third-order valence-corrected chi connectivity index (χ3v) is 6.92. The van der Waals surface area contributed by atoms with Gasteiger partial charge in [0.1, 0.15) is 0 Å². The second kappa shape index (κ2) is 8.55. The fourth-order valence-corrected chi connectivity index (χ4v) is 4.71. The van der Waals surface area contributed by atoms with Crippen molar-refractivity contribution in [1.29, 1.82) is 5.26 Å². The van der Waals surface area contributed by atoms with Crippen LogP contribution in [0.4, 0.5) is 5.69 Å². The highest BCUT2D eigenvalue weighted by Crippen LogP contribution is 2.25. The van der Waals surface area contributed by atoms with Crippen LogP contribution in [-0.2, 0) is 14.8 Å². The van der Waals surface area contributed by atoms with Crippen LogP contribution in [0.3, 0.4) is 0 Å². The first-order chi connectivity index (χ1) is 13.8. The first-order valence-corrected chi connectivity index (χ1v) is 10.7. The summed E-state index contributed by atoms with van der Waals surface area (Å²) in [4.78, 5) is 24.0. The van der Waals surface area contributed by atoms with E-state index >= 15 is 0 Å². The van der Waals surface area contributed by atoms with Crippen LogP contribution < -0.4 is 5.32 Å². The maximum absolute atomic E-state index is 12.8. The van der Waals surface area contributed by atoms with E-state index in [0.717, 1.165) is 0 Å². The number of sulfonamides is 1. The molecule has 0 radical (unpaired) electrons. The number of piperidine rings is 1. The lowest BCUT2D eigenvalue weighted by molar-refractivity contribution is -0.120. The summed E-state index contributed by atoms with van der Waals surface area (Å²) in [5.41, 5.74) is 1.58. The molecule has 0 bridgehead atoms. The summed E-state index contributed by atoms with van der Waals surface area (Å²) < 4.78 is 27.0. The molecule has 0 saturated carbocycles. The molecule has 0 aromatic heterocycles. The third kappa shape index (κ3) is 4.70. The summed E-state index contributed by atoms with van der Waals surface area (Å²) in [5.74, 6) is -0.558. The van der Waals surface area contributed by atoms with Crippen LogP contribution in [0.5, 0.6) is 0 Å². The number of Topliss-reactive ketones (excluding diaryl/α,β-unsaturated/α-hetero) is 1. The third-order valence-electron chi connectivity index (χ3n) is 5.00. The van der Waals surface area contributed by atoms with Gasteiger partial charge in [0, 0.05) is 30.3 Å². The van der Waals surface area contributed by atoms with Gasteiger partial charge in [0.25, 0.3) is 0 Å². The molecular weight excluding hydrogens is 390 g/mol. The quantitative estimate of drug-likeness (QED) is 0.761. The van der Waals surface area contributed by atoms with Gasteiger partial charge in [-0.2, -0.15) is 9.57 Å². The molecule has 2 aromatic carbocycles. The van der Waals surface area contributed by atoms with Crippen LogP contribution >= 0.6 is 0 Å². The van der Waals surface area contributed by atoms with Crippen molar-refractivity contribution in [2.24, 2.45) is 5.92 Å². The molecule has 1 aliphatic heterocycles. The number of amides is 1. The molecule has 29 heavy (non-hydrogen) atoms. The Morgan fingerprint density at radius 1 is 1.03 bits per heavy atom. The number of hydrogen-bond donors (Lipinski definition) is 1. The van der Waals surface area contributed by atoms with E-state index in [4.69, 9.17) is 5.26 Å². The predicted octanol–water partition coefficient (Wildman–Crippen LogP) is 2.80. The van der Waals surface area contributed by atoms with Crippen molar-refractivity contribution in [3.63, 3.8) is 0 Å². The monoisotopic (exact) mass is 411 g/mol. The number of anilines is 1. The molecule has 1 fully saturated rings. The standard InChI is InChI=1S/C21H21N3O4S/c1-15(25)17-4-8-20(9-5-17)29(27,28)24-12-10-18(11-13-24)21(26)23-19-6-2-16(14-22)3-7-19/h2-9,18H,10-13H2,1H3,(H,23,26). The normalized spacial score (nSPS) is 15.4. The molecule has 1 N–H and O–H groups in total.